The van der Waals surface area contributed by atoms with Gasteiger partial charge in [-0.25, -0.2) is 0 Å². The van der Waals surface area contributed by atoms with Crippen LogP contribution in [0.2, 0.25) is 0 Å². The van der Waals surface area contributed by atoms with E-state index in [2.05, 4.69) is 18.9 Å². The molecular weight excluding hydrogens is 174 g/mol. The van der Waals surface area contributed by atoms with Gasteiger partial charge in [0.05, 0.1) is 5.76 Å². The molecule has 1 fully saturated rings. The fourth-order valence-electron chi connectivity index (χ4n) is 1.31. The van der Waals surface area contributed by atoms with Gasteiger partial charge in [-0.05, 0) is 53.3 Å². The zero-order chi connectivity index (χ0) is 11.0. The van der Waals surface area contributed by atoms with Crippen LogP contribution in [-0.2, 0) is 0 Å². The molecule has 0 aromatic rings. The molecule has 0 aromatic heterocycles. The van der Waals surface area contributed by atoms with Gasteiger partial charge >= 0.3 is 0 Å². The summed E-state index contributed by atoms with van der Waals surface area (Å²) in [6.45, 7) is 7.13. The highest BCUT2D eigenvalue weighted by Gasteiger charge is 2.14. The summed E-state index contributed by atoms with van der Waals surface area (Å²) in [5, 5.41) is 8.49. The maximum Gasteiger partial charge on any atom is 0.0891 e. The van der Waals surface area contributed by atoms with Crippen molar-refractivity contribution in [1.82, 2.24) is 4.90 Å². The summed E-state index contributed by atoms with van der Waals surface area (Å²) >= 11 is 0. The minimum Gasteiger partial charge on any atom is -0.513 e. The smallest absolute Gasteiger partial charge is 0.0891 e. The Balaban J connectivity index is 0.000000241. The molecule has 2 heteroatoms. The van der Waals surface area contributed by atoms with Gasteiger partial charge in [0.1, 0.15) is 0 Å². The Bertz CT molecular complexity index is 184. The summed E-state index contributed by atoms with van der Waals surface area (Å²) in [5.41, 5.74) is 0. The van der Waals surface area contributed by atoms with Gasteiger partial charge in [-0.2, -0.15) is 0 Å². The van der Waals surface area contributed by atoms with Gasteiger partial charge in [0.2, 0.25) is 0 Å². The molecule has 0 amide bonds. The molecule has 1 aliphatic heterocycles. The molecule has 1 aliphatic rings. The molecule has 14 heavy (non-hydrogen) atoms. The van der Waals surface area contributed by atoms with Gasteiger partial charge < -0.3 is 10.0 Å². The molecule has 1 atom stereocenters. The van der Waals surface area contributed by atoms with Crippen molar-refractivity contribution in [3.63, 3.8) is 0 Å². The highest BCUT2D eigenvalue weighted by atomic mass is 16.3. The molecule has 0 spiro atoms. The third-order valence-corrected chi connectivity index (χ3v) is 2.42. The Morgan fingerprint density at radius 2 is 2.14 bits per heavy atom. The lowest BCUT2D eigenvalue weighted by Gasteiger charge is -2.12. The van der Waals surface area contributed by atoms with Crippen molar-refractivity contribution in [2.45, 2.75) is 39.7 Å². The van der Waals surface area contributed by atoms with Crippen LogP contribution in [0, 0.1) is 0 Å². The van der Waals surface area contributed by atoms with Crippen LogP contribution in [-0.4, -0.2) is 29.6 Å². The topological polar surface area (TPSA) is 23.5 Å². The van der Waals surface area contributed by atoms with E-state index in [1.54, 1.807) is 19.1 Å². The van der Waals surface area contributed by atoms with Crippen molar-refractivity contribution in [3.8, 4) is 0 Å². The number of hydrogen-bond donors (Lipinski definition) is 1. The van der Waals surface area contributed by atoms with E-state index < -0.39 is 0 Å². The molecule has 82 valence electrons. The largest absolute Gasteiger partial charge is 0.513 e. The zero-order valence-electron chi connectivity index (χ0n) is 9.83. The van der Waals surface area contributed by atoms with Crippen LogP contribution < -0.4 is 0 Å². The molecule has 1 rings (SSSR count). The van der Waals surface area contributed by atoms with Crippen molar-refractivity contribution in [3.05, 3.63) is 24.0 Å². The highest BCUT2D eigenvalue weighted by Crippen LogP contribution is 2.12. The number of aliphatic hydroxyl groups excluding tert-OH is 1. The van der Waals surface area contributed by atoms with E-state index >= 15 is 0 Å². The van der Waals surface area contributed by atoms with E-state index in [0.29, 0.717) is 5.76 Å². The summed E-state index contributed by atoms with van der Waals surface area (Å²) in [6.07, 6.45) is 8.09. The molecular formula is C12H23NO. The standard InChI is InChI=1S/C6H13N.C6H10O/c1-6-4-3-5-7(6)2;1-3-4-5-6(2)7/h6H,3-5H2,1-2H3;3-5,7H,1-2H3/b;4-3-,6-5+/t6-;/m1./s1. The summed E-state index contributed by atoms with van der Waals surface area (Å²) in [4.78, 5) is 2.40. The first-order valence-electron chi connectivity index (χ1n) is 5.26. The maximum absolute atomic E-state index is 8.49. The molecule has 0 unspecified atom stereocenters. The molecule has 0 radical (unpaired) electrons. The van der Waals surface area contributed by atoms with Crippen molar-refractivity contribution in [1.29, 1.82) is 0 Å². The van der Waals surface area contributed by atoms with Gasteiger partial charge in [0, 0.05) is 6.04 Å². The quantitative estimate of drug-likeness (QED) is 0.515. The summed E-state index contributed by atoms with van der Waals surface area (Å²) in [5.74, 6) is 0.345. The fraction of sp³-hybridized carbons (Fsp3) is 0.667. The van der Waals surface area contributed by atoms with E-state index in [0.717, 1.165) is 6.04 Å². The van der Waals surface area contributed by atoms with Gasteiger partial charge in [-0.1, -0.05) is 12.2 Å². The molecule has 2 nitrogen and oxygen atoms in total. The predicted octanol–water partition coefficient (Wildman–Crippen LogP) is 3.12. The van der Waals surface area contributed by atoms with E-state index in [1.807, 2.05) is 13.0 Å². The van der Waals surface area contributed by atoms with Crippen LogP contribution in [0.4, 0.5) is 0 Å². The van der Waals surface area contributed by atoms with E-state index in [4.69, 9.17) is 5.11 Å². The monoisotopic (exact) mass is 197 g/mol. The summed E-state index contributed by atoms with van der Waals surface area (Å²) in [6, 6.07) is 0.847. The SMILES string of the molecule is C/C=C\C=C(/C)O.C[C@@H]1CCCN1C. The van der Waals surface area contributed by atoms with Crippen LogP contribution >= 0.6 is 0 Å². The molecule has 1 N–H and O–H groups in total. The number of hydrogen-bond acceptors (Lipinski definition) is 2. The van der Waals surface area contributed by atoms with Crippen LogP contribution in [0.25, 0.3) is 0 Å². The Kier molecular flexibility index (Phi) is 7.21. The average molecular weight is 197 g/mol. The Labute approximate surface area is 87.9 Å². The lowest BCUT2D eigenvalue weighted by molar-refractivity contribution is 0.331. The van der Waals surface area contributed by atoms with Gasteiger partial charge in [-0.3, -0.25) is 0 Å². The van der Waals surface area contributed by atoms with Crippen LogP contribution in [0.1, 0.15) is 33.6 Å². The third-order valence-electron chi connectivity index (χ3n) is 2.42. The highest BCUT2D eigenvalue weighted by molar-refractivity contribution is 5.03. The Morgan fingerprint density at radius 3 is 2.29 bits per heavy atom. The molecule has 0 aromatic carbocycles. The second kappa shape index (κ2) is 7.63. The lowest BCUT2D eigenvalue weighted by atomic mass is 10.3. The first-order chi connectivity index (χ1) is 6.57. The van der Waals surface area contributed by atoms with Gasteiger partial charge in [-0.15, -0.1) is 0 Å². The summed E-state index contributed by atoms with van der Waals surface area (Å²) < 4.78 is 0. The lowest BCUT2D eigenvalue weighted by Crippen LogP contribution is -2.20. The number of rotatable bonds is 1. The predicted molar refractivity (Wildman–Crippen MR) is 62.5 cm³/mol. The normalized spacial score (nSPS) is 23.7. The zero-order valence-corrected chi connectivity index (χ0v) is 9.83. The van der Waals surface area contributed by atoms with E-state index in [-0.39, 0.29) is 0 Å². The van der Waals surface area contributed by atoms with E-state index in [9.17, 15) is 0 Å². The second-order valence-electron chi connectivity index (χ2n) is 3.81. The summed E-state index contributed by atoms with van der Waals surface area (Å²) in [7, 11) is 2.19. The van der Waals surface area contributed by atoms with Crippen molar-refractivity contribution in [2.24, 2.45) is 0 Å². The minimum absolute atomic E-state index is 0.345. The van der Waals surface area contributed by atoms with Crippen molar-refractivity contribution in [2.75, 3.05) is 13.6 Å². The minimum atomic E-state index is 0.345. The number of likely N-dealkylation sites (tertiary alicyclic amines) is 1. The maximum atomic E-state index is 8.49. The molecule has 1 heterocycles. The third kappa shape index (κ3) is 6.72. The van der Waals surface area contributed by atoms with Gasteiger partial charge in [0.15, 0.2) is 0 Å². The number of nitrogens with zero attached hydrogens (tertiary/aromatic N) is 1. The Hall–Kier alpha value is -0.760. The fourth-order valence-corrected chi connectivity index (χ4v) is 1.31. The van der Waals surface area contributed by atoms with E-state index in [1.165, 1.54) is 19.4 Å². The first-order valence-corrected chi connectivity index (χ1v) is 5.26. The molecule has 0 aliphatic carbocycles. The average Bonchev–Trinajstić information content (AvgIpc) is 2.49. The van der Waals surface area contributed by atoms with Gasteiger partial charge in [0.25, 0.3) is 0 Å². The molecule has 0 bridgehead atoms. The molecule has 0 saturated carbocycles. The molecule has 1 saturated heterocycles. The number of aliphatic hydroxyl groups is 1. The van der Waals surface area contributed by atoms with Crippen LogP contribution in [0.3, 0.4) is 0 Å². The Morgan fingerprint density at radius 1 is 1.50 bits per heavy atom. The van der Waals surface area contributed by atoms with Crippen molar-refractivity contribution >= 4 is 0 Å². The van der Waals surface area contributed by atoms with Crippen LogP contribution in [0.15, 0.2) is 24.0 Å². The van der Waals surface area contributed by atoms with Crippen LogP contribution in [0.5, 0.6) is 0 Å². The van der Waals surface area contributed by atoms with Crippen molar-refractivity contribution < 1.29 is 5.11 Å². The first kappa shape index (κ1) is 13.2. The second-order valence-corrected chi connectivity index (χ2v) is 3.81. The number of allylic oxidation sites excluding steroid dienone is 4.